The van der Waals surface area contributed by atoms with Gasteiger partial charge in [-0.15, -0.1) is 0 Å². The number of benzene rings is 1. The fourth-order valence-electron chi connectivity index (χ4n) is 2.10. The Balaban J connectivity index is 2.18. The predicted octanol–water partition coefficient (Wildman–Crippen LogP) is 3.72. The number of aromatic nitrogens is 1. The maximum Gasteiger partial charge on any atom is 0.0729 e. The van der Waals surface area contributed by atoms with E-state index in [2.05, 4.69) is 47.2 Å². The van der Waals surface area contributed by atoms with Crippen LogP contribution in [0, 0.1) is 6.92 Å². The van der Waals surface area contributed by atoms with Gasteiger partial charge in [0.2, 0.25) is 0 Å². The number of hydrogen-bond acceptors (Lipinski definition) is 1. The Labute approximate surface area is 106 Å². The minimum Gasteiger partial charge on any atom is -0.361 e. The van der Waals surface area contributed by atoms with Crippen molar-refractivity contribution in [1.82, 2.24) is 4.98 Å². The van der Waals surface area contributed by atoms with E-state index in [1.807, 2.05) is 30.6 Å². The molecular formula is C16H14N2. The maximum absolute atomic E-state index is 4.41. The molecule has 0 spiro atoms. The second kappa shape index (κ2) is 4.49. The Kier molecular flexibility index (Phi) is 2.69. The van der Waals surface area contributed by atoms with Crippen molar-refractivity contribution in [3.63, 3.8) is 0 Å². The molecule has 0 radical (unpaired) electrons. The summed E-state index contributed by atoms with van der Waals surface area (Å²) in [6, 6.07) is 12.6. The van der Waals surface area contributed by atoms with E-state index in [1.165, 1.54) is 11.1 Å². The average molecular weight is 234 g/mol. The first kappa shape index (κ1) is 10.8. The van der Waals surface area contributed by atoms with Gasteiger partial charge >= 0.3 is 0 Å². The van der Waals surface area contributed by atoms with E-state index >= 15 is 0 Å². The van der Waals surface area contributed by atoms with E-state index in [0.29, 0.717) is 0 Å². The molecule has 0 bridgehead atoms. The van der Waals surface area contributed by atoms with Gasteiger partial charge in [0.05, 0.1) is 5.70 Å². The Hall–Kier alpha value is -2.35. The predicted molar refractivity (Wildman–Crippen MR) is 75.6 cm³/mol. The SMILES string of the molecule is Cc1ccc(/C(=C2/C=CC=N2)c2ccc[nH]2)cc1. The Morgan fingerprint density at radius 3 is 2.56 bits per heavy atom. The molecular weight excluding hydrogens is 220 g/mol. The van der Waals surface area contributed by atoms with Gasteiger partial charge in [-0.1, -0.05) is 29.8 Å². The molecule has 2 heteroatoms. The summed E-state index contributed by atoms with van der Waals surface area (Å²) in [7, 11) is 0. The molecule has 88 valence electrons. The van der Waals surface area contributed by atoms with E-state index in [4.69, 9.17) is 0 Å². The summed E-state index contributed by atoms with van der Waals surface area (Å²) in [6.45, 7) is 2.10. The zero-order chi connectivity index (χ0) is 12.4. The normalized spacial score (nSPS) is 16.3. The summed E-state index contributed by atoms with van der Waals surface area (Å²) in [5.74, 6) is 0. The molecule has 3 rings (SSSR count). The van der Waals surface area contributed by atoms with Crippen LogP contribution in [-0.2, 0) is 0 Å². The van der Waals surface area contributed by atoms with Gasteiger partial charge in [-0.2, -0.15) is 0 Å². The molecule has 2 heterocycles. The van der Waals surface area contributed by atoms with Gasteiger partial charge < -0.3 is 4.98 Å². The monoisotopic (exact) mass is 234 g/mol. The van der Waals surface area contributed by atoms with Gasteiger partial charge in [0, 0.05) is 23.7 Å². The standard InChI is InChI=1S/C16H14N2/c1-12-6-8-13(9-7-12)16(14-4-2-10-17-14)15-5-3-11-18-15/h2-11,17H,1H3/b16-15+. The number of nitrogens with zero attached hydrogens (tertiary/aromatic N) is 1. The van der Waals surface area contributed by atoms with Crippen molar-refractivity contribution in [2.75, 3.05) is 0 Å². The lowest BCUT2D eigenvalue weighted by atomic mass is 9.99. The van der Waals surface area contributed by atoms with Crippen LogP contribution in [0.1, 0.15) is 16.8 Å². The van der Waals surface area contributed by atoms with Crippen LogP contribution in [0.2, 0.25) is 0 Å². The molecule has 0 saturated heterocycles. The number of rotatable bonds is 2. The maximum atomic E-state index is 4.41. The largest absolute Gasteiger partial charge is 0.361 e. The Morgan fingerprint density at radius 1 is 1.11 bits per heavy atom. The Morgan fingerprint density at radius 2 is 1.94 bits per heavy atom. The summed E-state index contributed by atoms with van der Waals surface area (Å²) in [5, 5.41) is 0. The summed E-state index contributed by atoms with van der Waals surface area (Å²) in [6.07, 6.45) is 7.77. The average Bonchev–Trinajstić information content (AvgIpc) is 3.06. The lowest BCUT2D eigenvalue weighted by molar-refractivity contribution is 1.31. The molecule has 18 heavy (non-hydrogen) atoms. The number of H-pyrrole nitrogens is 1. The van der Waals surface area contributed by atoms with Gasteiger partial charge in [-0.25, -0.2) is 0 Å². The second-order valence-corrected chi connectivity index (χ2v) is 4.35. The van der Waals surface area contributed by atoms with Crippen LogP contribution in [0.15, 0.2) is 65.4 Å². The molecule has 1 aromatic heterocycles. The number of allylic oxidation sites excluding steroid dienone is 2. The number of aryl methyl sites for hydroxylation is 1. The number of nitrogens with one attached hydrogen (secondary N) is 1. The third kappa shape index (κ3) is 1.93. The molecule has 1 N–H and O–H groups in total. The molecule has 0 saturated carbocycles. The van der Waals surface area contributed by atoms with Gasteiger partial charge in [0.15, 0.2) is 0 Å². The van der Waals surface area contributed by atoms with Crippen molar-refractivity contribution < 1.29 is 0 Å². The third-order valence-electron chi connectivity index (χ3n) is 3.02. The fourth-order valence-corrected chi connectivity index (χ4v) is 2.10. The van der Waals surface area contributed by atoms with E-state index in [0.717, 1.165) is 17.0 Å². The minimum absolute atomic E-state index is 1.00. The Bertz CT molecular complexity index is 612. The lowest BCUT2D eigenvalue weighted by Gasteiger charge is -2.08. The first-order valence-corrected chi connectivity index (χ1v) is 6.00. The quantitative estimate of drug-likeness (QED) is 0.820. The van der Waals surface area contributed by atoms with Crippen LogP contribution < -0.4 is 0 Å². The molecule has 1 aromatic carbocycles. The number of hydrogen-bond donors (Lipinski definition) is 1. The highest BCUT2D eigenvalue weighted by atomic mass is 14.8. The van der Waals surface area contributed by atoms with Crippen molar-refractivity contribution in [1.29, 1.82) is 0 Å². The van der Waals surface area contributed by atoms with Crippen molar-refractivity contribution in [3.8, 4) is 0 Å². The zero-order valence-corrected chi connectivity index (χ0v) is 10.2. The lowest BCUT2D eigenvalue weighted by Crippen LogP contribution is -1.91. The van der Waals surface area contributed by atoms with Crippen molar-refractivity contribution >= 4 is 11.8 Å². The van der Waals surface area contributed by atoms with Crippen LogP contribution in [0.5, 0.6) is 0 Å². The van der Waals surface area contributed by atoms with E-state index in [9.17, 15) is 0 Å². The molecule has 2 aromatic rings. The highest BCUT2D eigenvalue weighted by Gasteiger charge is 2.11. The minimum atomic E-state index is 1.00. The van der Waals surface area contributed by atoms with Gasteiger partial charge in [-0.3, -0.25) is 4.99 Å². The summed E-state index contributed by atoms with van der Waals surface area (Å²) in [5.41, 5.74) is 5.69. The van der Waals surface area contributed by atoms with Crippen molar-refractivity contribution in [2.45, 2.75) is 6.92 Å². The number of aromatic amines is 1. The molecule has 2 nitrogen and oxygen atoms in total. The van der Waals surface area contributed by atoms with Crippen molar-refractivity contribution in [3.05, 3.63) is 77.3 Å². The first-order valence-electron chi connectivity index (χ1n) is 6.00. The highest BCUT2D eigenvalue weighted by molar-refractivity contribution is 5.88. The van der Waals surface area contributed by atoms with Gasteiger partial charge in [0.25, 0.3) is 0 Å². The van der Waals surface area contributed by atoms with E-state index in [1.54, 1.807) is 0 Å². The van der Waals surface area contributed by atoms with Crippen LogP contribution in [0.4, 0.5) is 0 Å². The molecule has 0 aliphatic carbocycles. The third-order valence-corrected chi connectivity index (χ3v) is 3.02. The smallest absolute Gasteiger partial charge is 0.0729 e. The van der Waals surface area contributed by atoms with E-state index < -0.39 is 0 Å². The molecule has 0 fully saturated rings. The molecule has 0 amide bonds. The molecule has 0 atom stereocenters. The van der Waals surface area contributed by atoms with Crippen LogP contribution in [0.3, 0.4) is 0 Å². The topological polar surface area (TPSA) is 28.1 Å². The van der Waals surface area contributed by atoms with Crippen LogP contribution >= 0.6 is 0 Å². The first-order chi connectivity index (χ1) is 8.84. The van der Waals surface area contributed by atoms with Gasteiger partial charge in [-0.05, 0) is 36.8 Å². The van der Waals surface area contributed by atoms with Crippen LogP contribution in [0.25, 0.3) is 5.57 Å². The number of aliphatic imine (C=N–C) groups is 1. The summed E-state index contributed by atoms with van der Waals surface area (Å²) < 4.78 is 0. The van der Waals surface area contributed by atoms with Crippen LogP contribution in [-0.4, -0.2) is 11.2 Å². The fraction of sp³-hybridized carbons (Fsp3) is 0.0625. The van der Waals surface area contributed by atoms with Crippen molar-refractivity contribution in [2.24, 2.45) is 4.99 Å². The van der Waals surface area contributed by atoms with E-state index in [-0.39, 0.29) is 0 Å². The highest BCUT2D eigenvalue weighted by Crippen LogP contribution is 2.28. The van der Waals surface area contributed by atoms with Gasteiger partial charge in [0.1, 0.15) is 0 Å². The molecule has 0 unspecified atom stereocenters. The zero-order valence-electron chi connectivity index (χ0n) is 10.2. The molecule has 1 aliphatic rings. The summed E-state index contributed by atoms with van der Waals surface area (Å²) in [4.78, 5) is 7.68. The second-order valence-electron chi connectivity index (χ2n) is 4.35. The molecule has 1 aliphatic heterocycles. The summed E-state index contributed by atoms with van der Waals surface area (Å²) >= 11 is 0.